The molecule has 7 heteroatoms. The lowest BCUT2D eigenvalue weighted by molar-refractivity contribution is -0.163. The molecule has 0 aliphatic rings. The summed E-state index contributed by atoms with van der Waals surface area (Å²) >= 11 is 1.31. The second-order valence-electron chi connectivity index (χ2n) is 4.52. The minimum atomic E-state index is -1.82. The molecule has 0 saturated heterocycles. The second-order valence-corrected chi connectivity index (χ2v) is 5.72. The van der Waals surface area contributed by atoms with Crippen molar-refractivity contribution >= 4 is 23.3 Å². The Morgan fingerprint density at radius 1 is 1.50 bits per heavy atom. The van der Waals surface area contributed by atoms with Crippen molar-refractivity contribution in [2.24, 2.45) is 11.1 Å². The molecule has 1 heterocycles. The third-order valence-electron chi connectivity index (χ3n) is 2.57. The zero-order valence-electron chi connectivity index (χ0n) is 10.2. The fourth-order valence-electron chi connectivity index (χ4n) is 1.39. The Bertz CT molecular complexity index is 442. The number of carbonyl (C=O) groups is 2. The van der Waals surface area contributed by atoms with Gasteiger partial charge in [-0.15, -0.1) is 11.3 Å². The summed E-state index contributed by atoms with van der Waals surface area (Å²) < 4.78 is 0. The van der Waals surface area contributed by atoms with E-state index in [4.69, 9.17) is 15.9 Å². The summed E-state index contributed by atoms with van der Waals surface area (Å²) in [6.45, 7) is 3.04. The van der Waals surface area contributed by atoms with Crippen LogP contribution in [0.15, 0.2) is 6.20 Å². The van der Waals surface area contributed by atoms with E-state index in [-0.39, 0.29) is 12.5 Å². The van der Waals surface area contributed by atoms with Gasteiger partial charge in [-0.25, -0.2) is 4.98 Å². The maximum atomic E-state index is 11.0. The first kappa shape index (κ1) is 14.6. The van der Waals surface area contributed by atoms with Gasteiger partial charge in [0.2, 0.25) is 0 Å². The van der Waals surface area contributed by atoms with Gasteiger partial charge in [0.1, 0.15) is 0 Å². The quantitative estimate of drug-likeness (QED) is 0.658. The molecule has 0 radical (unpaired) electrons. The minimum absolute atomic E-state index is 0.0330. The van der Waals surface area contributed by atoms with E-state index >= 15 is 0 Å². The van der Waals surface area contributed by atoms with Crippen LogP contribution in [0.4, 0.5) is 0 Å². The molecule has 1 aromatic rings. The van der Waals surface area contributed by atoms with Crippen molar-refractivity contribution in [2.45, 2.75) is 32.7 Å². The van der Waals surface area contributed by atoms with Gasteiger partial charge in [-0.05, 0) is 13.8 Å². The van der Waals surface area contributed by atoms with Gasteiger partial charge in [-0.3, -0.25) is 9.59 Å². The highest BCUT2D eigenvalue weighted by Gasteiger charge is 2.42. The first-order valence-electron chi connectivity index (χ1n) is 5.41. The van der Waals surface area contributed by atoms with E-state index < -0.39 is 17.4 Å². The molecule has 1 rings (SSSR count). The van der Waals surface area contributed by atoms with Crippen molar-refractivity contribution in [1.82, 2.24) is 4.98 Å². The molecule has 18 heavy (non-hydrogen) atoms. The lowest BCUT2D eigenvalue weighted by Gasteiger charge is -2.17. The number of nitrogens with zero attached hydrogens (tertiary/aromatic N) is 1. The van der Waals surface area contributed by atoms with Gasteiger partial charge in [0, 0.05) is 30.0 Å². The van der Waals surface area contributed by atoms with E-state index in [1.807, 2.05) is 6.92 Å². The molecule has 0 spiro atoms. The predicted molar refractivity (Wildman–Crippen MR) is 66.6 cm³/mol. The predicted octanol–water partition coefficient (Wildman–Crippen LogP) is 0.751. The number of thiazole rings is 1. The average molecular weight is 272 g/mol. The molecule has 0 aromatic carbocycles. The highest BCUT2D eigenvalue weighted by Crippen LogP contribution is 2.27. The highest BCUT2D eigenvalue weighted by molar-refractivity contribution is 7.11. The number of aliphatic carboxylic acids is 2. The second kappa shape index (κ2) is 5.45. The van der Waals surface area contributed by atoms with Gasteiger partial charge >= 0.3 is 11.9 Å². The number of carboxylic acids is 2. The fourth-order valence-corrected chi connectivity index (χ4v) is 2.61. The van der Waals surface area contributed by atoms with E-state index in [1.165, 1.54) is 24.5 Å². The van der Waals surface area contributed by atoms with Crippen LogP contribution in [0.5, 0.6) is 0 Å². The van der Waals surface area contributed by atoms with E-state index in [1.54, 1.807) is 0 Å². The summed E-state index contributed by atoms with van der Waals surface area (Å²) in [5.41, 5.74) is 3.81. The Kier molecular flexibility index (Phi) is 4.42. The molecule has 6 nitrogen and oxygen atoms in total. The van der Waals surface area contributed by atoms with Crippen LogP contribution in [-0.2, 0) is 22.4 Å². The van der Waals surface area contributed by atoms with Gasteiger partial charge in [-0.1, -0.05) is 0 Å². The van der Waals surface area contributed by atoms with Gasteiger partial charge in [-0.2, -0.15) is 0 Å². The summed E-state index contributed by atoms with van der Waals surface area (Å²) in [5, 5.41) is 18.8. The van der Waals surface area contributed by atoms with Crippen molar-refractivity contribution in [1.29, 1.82) is 0 Å². The van der Waals surface area contributed by atoms with E-state index in [9.17, 15) is 9.59 Å². The standard InChI is InChI=1S/C11H16N2O4S/c1-6(12)3-8-13-5-7(18-8)4-11(2,9(14)15)10(16)17/h5-6H,3-4,12H2,1-2H3,(H,14,15)(H,16,17)/t6-/m1/s1. The summed E-state index contributed by atoms with van der Waals surface area (Å²) in [5.74, 6) is -2.70. The van der Waals surface area contributed by atoms with E-state index in [0.29, 0.717) is 11.3 Å². The highest BCUT2D eigenvalue weighted by atomic mass is 32.1. The Labute approximate surface area is 108 Å². The van der Waals surface area contributed by atoms with Crippen molar-refractivity contribution in [3.8, 4) is 0 Å². The van der Waals surface area contributed by atoms with Gasteiger partial charge in [0.15, 0.2) is 5.41 Å². The van der Waals surface area contributed by atoms with Crippen LogP contribution < -0.4 is 5.73 Å². The van der Waals surface area contributed by atoms with Crippen LogP contribution in [0.25, 0.3) is 0 Å². The largest absolute Gasteiger partial charge is 0.480 e. The van der Waals surface area contributed by atoms with Crippen LogP contribution in [0, 0.1) is 5.41 Å². The Morgan fingerprint density at radius 2 is 2.06 bits per heavy atom. The van der Waals surface area contributed by atoms with Crippen molar-refractivity contribution in [2.75, 3.05) is 0 Å². The molecule has 100 valence electrons. The lowest BCUT2D eigenvalue weighted by atomic mass is 9.87. The molecule has 0 bridgehead atoms. The normalized spacial score (nSPS) is 13.3. The number of hydrogen-bond donors (Lipinski definition) is 3. The van der Waals surface area contributed by atoms with Crippen LogP contribution in [0.1, 0.15) is 23.7 Å². The van der Waals surface area contributed by atoms with Crippen LogP contribution in [0.3, 0.4) is 0 Å². The van der Waals surface area contributed by atoms with Crippen LogP contribution in [-0.4, -0.2) is 33.2 Å². The summed E-state index contributed by atoms with van der Waals surface area (Å²) in [6.07, 6.45) is 2.04. The monoisotopic (exact) mass is 272 g/mol. The van der Waals surface area contributed by atoms with Gasteiger partial charge in [0.25, 0.3) is 0 Å². The maximum absolute atomic E-state index is 11.0. The molecule has 1 atom stereocenters. The van der Waals surface area contributed by atoms with Crippen LogP contribution in [0.2, 0.25) is 0 Å². The molecule has 0 amide bonds. The van der Waals surface area contributed by atoms with Crippen molar-refractivity contribution in [3.63, 3.8) is 0 Å². The van der Waals surface area contributed by atoms with E-state index in [2.05, 4.69) is 4.98 Å². The first-order valence-corrected chi connectivity index (χ1v) is 6.23. The first-order chi connectivity index (χ1) is 8.25. The molecule has 1 aromatic heterocycles. The van der Waals surface area contributed by atoms with Crippen molar-refractivity contribution in [3.05, 3.63) is 16.1 Å². The number of carboxylic acid groups (broad SMARTS) is 2. The van der Waals surface area contributed by atoms with Gasteiger partial charge in [0.05, 0.1) is 5.01 Å². The number of hydrogen-bond acceptors (Lipinski definition) is 5. The molecule has 0 aliphatic carbocycles. The number of rotatable bonds is 6. The van der Waals surface area contributed by atoms with E-state index in [0.717, 1.165) is 5.01 Å². The lowest BCUT2D eigenvalue weighted by Crippen LogP contribution is -2.38. The Morgan fingerprint density at radius 3 is 2.50 bits per heavy atom. The maximum Gasteiger partial charge on any atom is 0.321 e. The number of nitrogens with two attached hydrogens (primary N) is 1. The fraction of sp³-hybridized carbons (Fsp3) is 0.545. The van der Waals surface area contributed by atoms with Gasteiger partial charge < -0.3 is 15.9 Å². The zero-order chi connectivity index (χ0) is 13.9. The van der Waals surface area contributed by atoms with Crippen LogP contribution >= 0.6 is 11.3 Å². The molecular weight excluding hydrogens is 256 g/mol. The Hall–Kier alpha value is -1.47. The minimum Gasteiger partial charge on any atom is -0.480 e. The molecular formula is C11H16N2O4S. The topological polar surface area (TPSA) is 114 Å². The molecule has 4 N–H and O–H groups in total. The third-order valence-corrected chi connectivity index (χ3v) is 3.59. The number of aromatic nitrogens is 1. The summed E-state index contributed by atoms with van der Waals surface area (Å²) in [6, 6.07) is -0.0330. The summed E-state index contributed by atoms with van der Waals surface area (Å²) in [4.78, 5) is 26.8. The molecule has 0 aliphatic heterocycles. The SMILES string of the molecule is C[C@@H](N)Cc1ncc(CC(C)(C(=O)O)C(=O)O)s1. The summed E-state index contributed by atoms with van der Waals surface area (Å²) in [7, 11) is 0. The third kappa shape index (κ3) is 3.27. The van der Waals surface area contributed by atoms with Crippen molar-refractivity contribution < 1.29 is 19.8 Å². The molecule has 0 saturated carbocycles. The zero-order valence-corrected chi connectivity index (χ0v) is 11.0. The molecule has 0 fully saturated rings. The average Bonchev–Trinajstić information content (AvgIpc) is 2.63. The smallest absolute Gasteiger partial charge is 0.321 e. The molecule has 0 unspecified atom stereocenters. The Balaban J connectivity index is 2.86.